The van der Waals surface area contributed by atoms with Gasteiger partial charge in [0.1, 0.15) is 15.5 Å². The molecule has 3 heterocycles. The molecule has 2 aromatic heterocycles. The van der Waals surface area contributed by atoms with Crippen LogP contribution in [0.3, 0.4) is 0 Å². The molecule has 0 radical (unpaired) electrons. The molecule has 0 spiro atoms. The van der Waals surface area contributed by atoms with Gasteiger partial charge in [-0.2, -0.15) is 0 Å². The zero-order valence-electron chi connectivity index (χ0n) is 22.2. The number of benzene rings is 1. The molecular weight excluding hydrogens is 523 g/mol. The predicted molar refractivity (Wildman–Crippen MR) is 146 cm³/mol. The van der Waals surface area contributed by atoms with Gasteiger partial charge < -0.3 is 19.0 Å². The molecule has 8 rings (SSSR count). The Morgan fingerprint density at radius 1 is 1.03 bits per heavy atom. The fourth-order valence-corrected chi connectivity index (χ4v) is 8.88. The number of carbonyl (C=O) groups is 1. The van der Waals surface area contributed by atoms with Crippen LogP contribution >= 0.6 is 11.3 Å². The first-order valence-electron chi connectivity index (χ1n) is 13.1. The summed E-state index contributed by atoms with van der Waals surface area (Å²) in [6, 6.07) is 9.41. The maximum atomic E-state index is 12.9. The van der Waals surface area contributed by atoms with Crippen LogP contribution in [0.5, 0.6) is 0 Å². The van der Waals surface area contributed by atoms with Crippen LogP contribution in [-0.4, -0.2) is 49.4 Å². The van der Waals surface area contributed by atoms with Crippen molar-refractivity contribution >= 4 is 49.9 Å². The smallest absolute Gasteiger partial charge is 0.454 e. The SMILES string of the molecule is CC1(C)OB(c2ccc3nc(C45CC(NC(=O)c6ccc(C7(S(C)(=O)=O)CC7)o6)(C4)C5)sc3c2)OC1(C)C. The molecule has 200 valence electrons. The highest BCUT2D eigenvalue weighted by molar-refractivity contribution is 7.91. The molecule has 1 aliphatic heterocycles. The Morgan fingerprint density at radius 2 is 1.68 bits per heavy atom. The van der Waals surface area contributed by atoms with Gasteiger partial charge in [0.15, 0.2) is 15.6 Å². The van der Waals surface area contributed by atoms with Gasteiger partial charge in [-0.3, -0.25) is 4.79 Å². The van der Waals surface area contributed by atoms with Crippen LogP contribution in [0, 0.1) is 0 Å². The maximum Gasteiger partial charge on any atom is 0.494 e. The molecule has 4 aliphatic carbocycles. The molecule has 3 aromatic rings. The minimum Gasteiger partial charge on any atom is -0.454 e. The van der Waals surface area contributed by atoms with Crippen molar-refractivity contribution in [3.63, 3.8) is 0 Å². The Hall–Kier alpha value is -2.21. The van der Waals surface area contributed by atoms with Gasteiger partial charge in [-0.15, -0.1) is 11.3 Å². The molecule has 0 unspecified atom stereocenters. The van der Waals surface area contributed by atoms with Gasteiger partial charge in [-0.05, 0) is 89.5 Å². The number of rotatable bonds is 6. The summed E-state index contributed by atoms with van der Waals surface area (Å²) in [4.78, 5) is 17.9. The van der Waals surface area contributed by atoms with Crippen molar-refractivity contribution in [2.75, 3.05) is 6.26 Å². The summed E-state index contributed by atoms with van der Waals surface area (Å²) in [5.74, 6) is 0.253. The van der Waals surface area contributed by atoms with Gasteiger partial charge in [0.05, 0.1) is 21.4 Å². The summed E-state index contributed by atoms with van der Waals surface area (Å²) < 4.78 is 42.7. The van der Waals surface area contributed by atoms with E-state index in [4.69, 9.17) is 18.7 Å². The Kier molecular flexibility index (Phi) is 4.76. The van der Waals surface area contributed by atoms with Gasteiger partial charge in [0.2, 0.25) is 0 Å². The number of hydrogen-bond acceptors (Lipinski definition) is 8. The molecule has 0 atom stereocenters. The van der Waals surface area contributed by atoms with Crippen LogP contribution in [0.25, 0.3) is 10.2 Å². The van der Waals surface area contributed by atoms with E-state index in [9.17, 15) is 13.2 Å². The number of nitrogens with one attached hydrogen (secondary N) is 1. The van der Waals surface area contributed by atoms with Crippen LogP contribution in [0.15, 0.2) is 34.7 Å². The fourth-order valence-electron chi connectivity index (χ4n) is 6.36. The van der Waals surface area contributed by atoms with E-state index in [0.29, 0.717) is 18.6 Å². The van der Waals surface area contributed by atoms with E-state index in [1.54, 1.807) is 23.5 Å². The molecule has 5 aliphatic rings. The molecule has 1 saturated heterocycles. The lowest BCUT2D eigenvalue weighted by molar-refractivity contribution is -0.0811. The molecule has 8 nitrogen and oxygen atoms in total. The molecule has 38 heavy (non-hydrogen) atoms. The van der Waals surface area contributed by atoms with E-state index in [-0.39, 0.29) is 33.8 Å². The van der Waals surface area contributed by atoms with Crippen LogP contribution in [0.1, 0.15) is 81.1 Å². The van der Waals surface area contributed by atoms with Crippen molar-refractivity contribution in [2.45, 2.75) is 86.7 Å². The summed E-state index contributed by atoms with van der Waals surface area (Å²) in [6.45, 7) is 8.21. The van der Waals surface area contributed by atoms with Gasteiger partial charge >= 0.3 is 7.12 Å². The van der Waals surface area contributed by atoms with Gasteiger partial charge in [0.25, 0.3) is 5.91 Å². The molecule has 4 saturated carbocycles. The first-order chi connectivity index (χ1) is 17.7. The summed E-state index contributed by atoms with van der Waals surface area (Å²) in [5.41, 5.74) is 0.944. The average Bonchev–Trinajstić information content (AvgIpc) is 3.17. The lowest BCUT2D eigenvalue weighted by atomic mass is 9.39. The fraction of sp³-hybridized carbons (Fsp3) is 0.556. The van der Waals surface area contributed by atoms with Crippen LogP contribution in [0.4, 0.5) is 0 Å². The van der Waals surface area contributed by atoms with Gasteiger partial charge in [0, 0.05) is 17.2 Å². The largest absolute Gasteiger partial charge is 0.494 e. The summed E-state index contributed by atoms with van der Waals surface area (Å²) >= 11 is 1.71. The van der Waals surface area contributed by atoms with E-state index < -0.39 is 21.7 Å². The third-order valence-electron chi connectivity index (χ3n) is 9.49. The number of amides is 1. The zero-order valence-corrected chi connectivity index (χ0v) is 23.8. The molecule has 2 bridgehead atoms. The van der Waals surface area contributed by atoms with Crippen molar-refractivity contribution in [1.29, 1.82) is 0 Å². The van der Waals surface area contributed by atoms with Crippen LogP contribution in [-0.2, 0) is 29.3 Å². The first kappa shape index (κ1) is 24.8. The lowest BCUT2D eigenvalue weighted by Gasteiger charge is -2.69. The van der Waals surface area contributed by atoms with Gasteiger partial charge in [-0.25, -0.2) is 13.4 Å². The minimum absolute atomic E-state index is 0.00412. The highest BCUT2D eigenvalue weighted by atomic mass is 32.2. The summed E-state index contributed by atoms with van der Waals surface area (Å²) in [5, 5.41) is 4.26. The third kappa shape index (κ3) is 3.37. The predicted octanol–water partition coefficient (Wildman–Crippen LogP) is 3.83. The number of furan rings is 1. The molecule has 11 heteroatoms. The normalized spacial score (nSPS) is 30.1. The molecule has 1 aromatic carbocycles. The first-order valence-corrected chi connectivity index (χ1v) is 15.8. The van der Waals surface area contributed by atoms with Crippen molar-refractivity contribution < 1.29 is 26.9 Å². The Balaban J connectivity index is 1.03. The molecular formula is C27H31BN2O6S2. The minimum atomic E-state index is -3.29. The van der Waals surface area contributed by atoms with E-state index in [2.05, 4.69) is 39.1 Å². The molecule has 1 N–H and O–H groups in total. The quantitative estimate of drug-likeness (QED) is 0.462. The topological polar surface area (TPSA) is 108 Å². The average molecular weight is 554 g/mol. The standard InChI is InChI=1S/C27H31BN2O6S2/c1-23(2)24(3,4)36-28(35-23)16-6-7-17-19(12-16)37-22(29-17)25-13-26(14-25,15-25)30-21(31)18-8-9-20(34-18)27(10-11-27)38(5,32)33/h6-9,12H,10-11,13-15H2,1-5H3,(H,30,31). The van der Waals surface area contributed by atoms with Gasteiger partial charge in [-0.1, -0.05) is 6.07 Å². The van der Waals surface area contributed by atoms with Crippen molar-refractivity contribution in [2.24, 2.45) is 0 Å². The van der Waals surface area contributed by atoms with Crippen LogP contribution < -0.4 is 10.8 Å². The second kappa shape index (κ2) is 7.30. The number of aromatic nitrogens is 1. The highest BCUT2D eigenvalue weighted by Crippen LogP contribution is 2.68. The summed E-state index contributed by atoms with van der Waals surface area (Å²) in [6.07, 6.45) is 4.83. The van der Waals surface area contributed by atoms with E-state index in [0.717, 1.165) is 39.9 Å². The highest BCUT2D eigenvalue weighted by Gasteiger charge is 2.70. The van der Waals surface area contributed by atoms with Crippen LogP contribution in [0.2, 0.25) is 0 Å². The number of thiazole rings is 1. The second-order valence-corrected chi connectivity index (χ2v) is 16.2. The summed E-state index contributed by atoms with van der Waals surface area (Å²) in [7, 11) is -3.70. The molecule has 5 fully saturated rings. The third-order valence-corrected chi connectivity index (χ3v) is 12.8. The second-order valence-electron chi connectivity index (χ2n) is 12.8. The Morgan fingerprint density at radius 3 is 2.29 bits per heavy atom. The van der Waals surface area contributed by atoms with E-state index in [1.165, 1.54) is 6.26 Å². The number of carbonyl (C=O) groups excluding carboxylic acids is 1. The number of fused-ring (bicyclic) bond motifs is 1. The lowest BCUT2D eigenvalue weighted by Crippen LogP contribution is -2.76. The zero-order chi connectivity index (χ0) is 26.9. The monoisotopic (exact) mass is 554 g/mol. The Bertz CT molecular complexity index is 1580. The number of nitrogens with zero attached hydrogens (tertiary/aromatic N) is 1. The number of hydrogen-bond donors (Lipinski definition) is 1. The van der Waals surface area contributed by atoms with Crippen molar-refractivity contribution in [3.05, 3.63) is 46.9 Å². The van der Waals surface area contributed by atoms with Crippen molar-refractivity contribution in [1.82, 2.24) is 10.3 Å². The maximum absolute atomic E-state index is 12.9. The van der Waals surface area contributed by atoms with E-state index >= 15 is 0 Å². The van der Waals surface area contributed by atoms with E-state index in [1.807, 2.05) is 12.1 Å². The number of sulfone groups is 1. The van der Waals surface area contributed by atoms with Crippen molar-refractivity contribution in [3.8, 4) is 0 Å². The Labute approximate surface area is 226 Å². The molecule has 1 amide bonds.